The molecule has 1 N–H and O–H groups in total. The number of amides is 1. The molecule has 0 unspecified atom stereocenters. The Hall–Kier alpha value is -2.77. The summed E-state index contributed by atoms with van der Waals surface area (Å²) in [5, 5.41) is 2.65. The molecule has 2 aromatic rings. The van der Waals surface area contributed by atoms with E-state index in [-0.39, 0.29) is 18.3 Å². The molecule has 0 bridgehead atoms. The lowest BCUT2D eigenvalue weighted by molar-refractivity contribution is -0.154. The second-order valence-corrected chi connectivity index (χ2v) is 5.51. The van der Waals surface area contributed by atoms with E-state index in [1.165, 1.54) is 6.20 Å². The Bertz CT molecular complexity index is 740. The average molecular weight is 352 g/mol. The molecular weight excluding hydrogens is 337 g/mol. The number of nitrogens with zero attached hydrogens (tertiary/aromatic N) is 1. The number of para-hydroxylation sites is 1. The van der Waals surface area contributed by atoms with Crippen molar-refractivity contribution in [2.75, 3.05) is 6.61 Å². The molecule has 8 heteroatoms. The summed E-state index contributed by atoms with van der Waals surface area (Å²) in [6.07, 6.45) is -3.34. The summed E-state index contributed by atoms with van der Waals surface area (Å²) >= 11 is 0. The predicted octanol–water partition coefficient (Wildman–Crippen LogP) is 2.64. The van der Waals surface area contributed by atoms with Crippen LogP contribution < -0.4 is 14.8 Å². The van der Waals surface area contributed by atoms with Gasteiger partial charge in [0.25, 0.3) is 5.91 Å². The molecule has 5 nitrogen and oxygen atoms in total. The molecular formula is C17H15F3N2O3. The number of hydrogen-bond donors (Lipinski definition) is 1. The van der Waals surface area contributed by atoms with Gasteiger partial charge in [0.05, 0.1) is 0 Å². The number of fused-ring (bicyclic) bond motifs is 1. The fraction of sp³-hybridized carbons (Fsp3) is 0.294. The number of aromatic nitrogens is 1. The number of benzene rings is 1. The van der Waals surface area contributed by atoms with Gasteiger partial charge in [-0.3, -0.25) is 4.79 Å². The topological polar surface area (TPSA) is 60.5 Å². The van der Waals surface area contributed by atoms with Crippen LogP contribution in [0.1, 0.15) is 11.1 Å². The molecule has 1 aliphatic rings. The van der Waals surface area contributed by atoms with E-state index in [1.807, 2.05) is 18.2 Å². The Kier molecular flexibility index (Phi) is 4.78. The minimum atomic E-state index is -4.46. The number of alkyl halides is 3. The van der Waals surface area contributed by atoms with E-state index in [0.29, 0.717) is 17.7 Å². The Morgan fingerprint density at radius 3 is 2.84 bits per heavy atom. The third-order valence-corrected chi connectivity index (χ3v) is 3.62. The van der Waals surface area contributed by atoms with Crippen molar-refractivity contribution >= 4 is 5.91 Å². The highest BCUT2D eigenvalue weighted by molar-refractivity contribution is 5.82. The highest BCUT2D eigenvalue weighted by atomic mass is 19.4. The summed E-state index contributed by atoms with van der Waals surface area (Å²) in [7, 11) is 0. The van der Waals surface area contributed by atoms with E-state index < -0.39 is 18.9 Å². The molecule has 1 aliphatic heterocycles. The first-order valence-electron chi connectivity index (χ1n) is 7.58. The molecule has 1 amide bonds. The number of nitrogens with one attached hydrogen (secondary N) is 1. The standard InChI is InChI=1S/C17H15F3N2O3/c18-17(19,20)10-24-16-12(5-3-7-21-16)9-22-15(23)14-8-11-4-1-2-6-13(11)25-14/h1-7,14H,8-10H2,(H,22,23)/t14-/m1/s1. The quantitative estimate of drug-likeness (QED) is 0.899. The van der Waals surface area contributed by atoms with Crippen LogP contribution in [0.4, 0.5) is 13.2 Å². The summed E-state index contributed by atoms with van der Waals surface area (Å²) < 4.78 is 47.1. The van der Waals surface area contributed by atoms with Crippen molar-refractivity contribution in [3.63, 3.8) is 0 Å². The van der Waals surface area contributed by atoms with Gasteiger partial charge in [0.15, 0.2) is 12.7 Å². The van der Waals surface area contributed by atoms with E-state index in [0.717, 1.165) is 5.56 Å². The van der Waals surface area contributed by atoms with Crippen molar-refractivity contribution in [3.05, 3.63) is 53.7 Å². The number of carbonyl (C=O) groups excluding carboxylic acids is 1. The van der Waals surface area contributed by atoms with Gasteiger partial charge < -0.3 is 14.8 Å². The smallest absolute Gasteiger partial charge is 0.422 e. The van der Waals surface area contributed by atoms with Crippen LogP contribution in [-0.4, -0.2) is 29.8 Å². The summed E-state index contributed by atoms with van der Waals surface area (Å²) in [5.74, 6) is 0.163. The Morgan fingerprint density at radius 2 is 2.08 bits per heavy atom. The highest BCUT2D eigenvalue weighted by Gasteiger charge is 2.30. The van der Waals surface area contributed by atoms with Crippen molar-refractivity contribution in [2.24, 2.45) is 0 Å². The molecule has 3 rings (SSSR count). The second-order valence-electron chi connectivity index (χ2n) is 5.51. The van der Waals surface area contributed by atoms with Gasteiger partial charge in [-0.05, 0) is 17.7 Å². The second kappa shape index (κ2) is 7.00. The molecule has 1 aromatic carbocycles. The number of pyridine rings is 1. The van der Waals surface area contributed by atoms with Crippen LogP contribution in [0.25, 0.3) is 0 Å². The summed E-state index contributed by atoms with van der Waals surface area (Å²) in [5.41, 5.74) is 1.30. The maximum atomic E-state index is 12.3. The van der Waals surface area contributed by atoms with Gasteiger partial charge in [0, 0.05) is 24.7 Å². The summed E-state index contributed by atoms with van der Waals surface area (Å²) in [6.45, 7) is -1.44. The third kappa shape index (κ3) is 4.40. The Balaban J connectivity index is 1.58. The minimum absolute atomic E-state index is 0.00390. The lowest BCUT2D eigenvalue weighted by Crippen LogP contribution is -2.37. The molecule has 0 radical (unpaired) electrons. The zero-order valence-corrected chi connectivity index (χ0v) is 13.0. The third-order valence-electron chi connectivity index (χ3n) is 3.62. The van der Waals surface area contributed by atoms with Crippen LogP contribution in [-0.2, 0) is 17.8 Å². The summed E-state index contributed by atoms with van der Waals surface area (Å²) in [4.78, 5) is 16.0. The summed E-state index contributed by atoms with van der Waals surface area (Å²) in [6, 6.07) is 10.5. The fourth-order valence-electron chi connectivity index (χ4n) is 2.46. The van der Waals surface area contributed by atoms with Gasteiger partial charge in [-0.2, -0.15) is 13.2 Å². The Morgan fingerprint density at radius 1 is 1.28 bits per heavy atom. The van der Waals surface area contributed by atoms with Crippen LogP contribution >= 0.6 is 0 Å². The van der Waals surface area contributed by atoms with Gasteiger partial charge in [0.2, 0.25) is 5.88 Å². The minimum Gasteiger partial charge on any atom is -0.480 e. The van der Waals surface area contributed by atoms with Crippen LogP contribution in [0.5, 0.6) is 11.6 Å². The van der Waals surface area contributed by atoms with Gasteiger partial charge in [-0.1, -0.05) is 24.3 Å². The van der Waals surface area contributed by atoms with Crippen molar-refractivity contribution < 1.29 is 27.4 Å². The molecule has 0 fully saturated rings. The van der Waals surface area contributed by atoms with Gasteiger partial charge >= 0.3 is 6.18 Å². The van der Waals surface area contributed by atoms with Crippen LogP contribution in [0, 0.1) is 0 Å². The van der Waals surface area contributed by atoms with Crippen LogP contribution in [0.15, 0.2) is 42.6 Å². The molecule has 0 aliphatic carbocycles. The zero-order valence-electron chi connectivity index (χ0n) is 13.0. The maximum absolute atomic E-state index is 12.3. The number of hydrogen-bond acceptors (Lipinski definition) is 4. The number of halogens is 3. The van der Waals surface area contributed by atoms with Crippen LogP contribution in [0.2, 0.25) is 0 Å². The zero-order chi connectivity index (χ0) is 17.9. The molecule has 1 atom stereocenters. The van der Waals surface area contributed by atoms with Gasteiger partial charge in [-0.25, -0.2) is 4.98 Å². The van der Waals surface area contributed by atoms with E-state index in [9.17, 15) is 18.0 Å². The van der Waals surface area contributed by atoms with E-state index in [4.69, 9.17) is 9.47 Å². The van der Waals surface area contributed by atoms with Crippen molar-refractivity contribution in [1.29, 1.82) is 0 Å². The van der Waals surface area contributed by atoms with E-state index in [1.54, 1.807) is 18.2 Å². The van der Waals surface area contributed by atoms with Crippen molar-refractivity contribution in [3.8, 4) is 11.6 Å². The van der Waals surface area contributed by atoms with Gasteiger partial charge in [0.1, 0.15) is 5.75 Å². The van der Waals surface area contributed by atoms with Crippen molar-refractivity contribution in [1.82, 2.24) is 10.3 Å². The largest absolute Gasteiger partial charge is 0.480 e. The molecule has 0 saturated carbocycles. The lowest BCUT2D eigenvalue weighted by atomic mass is 10.1. The van der Waals surface area contributed by atoms with Crippen molar-refractivity contribution in [2.45, 2.75) is 25.2 Å². The maximum Gasteiger partial charge on any atom is 0.422 e. The Labute approximate surface area is 141 Å². The predicted molar refractivity (Wildman–Crippen MR) is 82.2 cm³/mol. The molecule has 25 heavy (non-hydrogen) atoms. The molecule has 132 valence electrons. The number of carbonyl (C=O) groups is 1. The normalized spacial score (nSPS) is 16.0. The number of rotatable bonds is 5. The van der Waals surface area contributed by atoms with Crippen LogP contribution in [0.3, 0.4) is 0 Å². The first-order chi connectivity index (χ1) is 11.9. The first-order valence-corrected chi connectivity index (χ1v) is 7.58. The van der Waals surface area contributed by atoms with E-state index in [2.05, 4.69) is 10.3 Å². The molecule has 0 spiro atoms. The first kappa shape index (κ1) is 17.1. The fourth-order valence-corrected chi connectivity index (χ4v) is 2.46. The molecule has 1 aromatic heterocycles. The van der Waals surface area contributed by atoms with Gasteiger partial charge in [-0.15, -0.1) is 0 Å². The highest BCUT2D eigenvalue weighted by Crippen LogP contribution is 2.28. The number of ether oxygens (including phenoxy) is 2. The monoisotopic (exact) mass is 352 g/mol. The van der Waals surface area contributed by atoms with E-state index >= 15 is 0 Å². The average Bonchev–Trinajstić information content (AvgIpc) is 3.02. The molecule has 0 saturated heterocycles. The molecule has 2 heterocycles. The lowest BCUT2D eigenvalue weighted by Gasteiger charge is -2.14. The SMILES string of the molecule is O=C(NCc1cccnc1OCC(F)(F)F)[C@H]1Cc2ccccc2O1.